The normalized spacial score (nSPS) is 10.6. The monoisotopic (exact) mass is 329 g/mol. The number of alkyl halides is 2. The first kappa shape index (κ1) is 16.1. The fourth-order valence-corrected chi connectivity index (χ4v) is 2.28. The van der Waals surface area contributed by atoms with Crippen molar-refractivity contribution in [3.63, 3.8) is 0 Å². The van der Waals surface area contributed by atoms with Crippen molar-refractivity contribution in [1.29, 1.82) is 0 Å². The molecule has 0 aliphatic carbocycles. The van der Waals surface area contributed by atoms with Gasteiger partial charge in [0.2, 0.25) is 11.0 Å². The number of likely N-dealkylation sites (N-methyl/N-ethyl adjacent to an activating group) is 1. The van der Waals surface area contributed by atoms with E-state index in [4.69, 9.17) is 4.74 Å². The summed E-state index contributed by atoms with van der Waals surface area (Å²) in [5, 5.41) is 7.91. The smallest absolute Gasteiger partial charge is 0.387 e. The number of anilines is 1. The third kappa shape index (κ3) is 3.88. The molecular weight excluding hydrogens is 316 g/mol. The number of ether oxygens (including phenoxy) is 2. The number of hydrogen-bond donors (Lipinski definition) is 0. The van der Waals surface area contributed by atoms with Gasteiger partial charge in [0.1, 0.15) is 5.51 Å². The molecule has 0 N–H and O–H groups in total. The lowest BCUT2D eigenvalue weighted by Crippen LogP contribution is -2.27. The topological polar surface area (TPSA) is 64.5 Å². The first-order chi connectivity index (χ1) is 10.5. The lowest BCUT2D eigenvalue weighted by Gasteiger charge is -2.14. The Morgan fingerprint density at radius 3 is 2.77 bits per heavy atom. The van der Waals surface area contributed by atoms with E-state index in [2.05, 4.69) is 14.9 Å². The minimum absolute atomic E-state index is 0.0136. The van der Waals surface area contributed by atoms with Crippen LogP contribution in [0, 0.1) is 0 Å². The van der Waals surface area contributed by atoms with E-state index in [1.54, 1.807) is 13.1 Å². The Labute approximate surface area is 129 Å². The third-order valence-corrected chi connectivity index (χ3v) is 3.58. The second kappa shape index (κ2) is 7.12. The van der Waals surface area contributed by atoms with Crippen molar-refractivity contribution in [3.8, 4) is 11.5 Å². The number of nitrogens with zero attached hydrogens (tertiary/aromatic N) is 3. The van der Waals surface area contributed by atoms with E-state index in [1.807, 2.05) is 0 Å². The Morgan fingerprint density at radius 1 is 1.41 bits per heavy atom. The Bertz CT molecular complexity index is 637. The molecule has 0 unspecified atom stereocenters. The van der Waals surface area contributed by atoms with Crippen LogP contribution in [0.15, 0.2) is 23.7 Å². The highest BCUT2D eigenvalue weighted by atomic mass is 32.1. The van der Waals surface area contributed by atoms with Gasteiger partial charge in [0, 0.05) is 7.05 Å². The summed E-state index contributed by atoms with van der Waals surface area (Å²) in [6.07, 6.45) is 0.0136. The highest BCUT2D eigenvalue weighted by Crippen LogP contribution is 2.30. The van der Waals surface area contributed by atoms with Crippen LogP contribution in [-0.2, 0) is 11.2 Å². The SMILES string of the molecule is COc1ccc(CC(=O)N(C)c2nncs2)cc1OC(F)F. The van der Waals surface area contributed by atoms with Crippen LogP contribution >= 0.6 is 11.3 Å². The summed E-state index contributed by atoms with van der Waals surface area (Å²) in [4.78, 5) is 13.5. The van der Waals surface area contributed by atoms with Gasteiger partial charge in [0.05, 0.1) is 13.5 Å². The van der Waals surface area contributed by atoms with E-state index >= 15 is 0 Å². The van der Waals surface area contributed by atoms with Crippen LogP contribution in [0.3, 0.4) is 0 Å². The van der Waals surface area contributed by atoms with Crippen molar-refractivity contribution in [1.82, 2.24) is 10.2 Å². The zero-order chi connectivity index (χ0) is 16.1. The Kier molecular flexibility index (Phi) is 5.21. The summed E-state index contributed by atoms with van der Waals surface area (Å²) in [5.74, 6) is -0.180. The summed E-state index contributed by atoms with van der Waals surface area (Å²) in [6.45, 7) is -2.97. The summed E-state index contributed by atoms with van der Waals surface area (Å²) in [7, 11) is 2.92. The maximum absolute atomic E-state index is 12.4. The molecule has 22 heavy (non-hydrogen) atoms. The maximum Gasteiger partial charge on any atom is 0.387 e. The molecule has 6 nitrogen and oxygen atoms in total. The number of methoxy groups -OCH3 is 1. The molecule has 0 aliphatic heterocycles. The molecule has 2 aromatic rings. The molecule has 0 fully saturated rings. The van der Waals surface area contributed by atoms with Gasteiger partial charge in [-0.2, -0.15) is 8.78 Å². The van der Waals surface area contributed by atoms with Crippen molar-refractivity contribution >= 4 is 22.4 Å². The summed E-state index contributed by atoms with van der Waals surface area (Å²) in [6, 6.07) is 4.45. The zero-order valence-corrected chi connectivity index (χ0v) is 12.6. The molecular formula is C13H13F2N3O3S. The van der Waals surface area contributed by atoms with Crippen LogP contribution in [0.5, 0.6) is 11.5 Å². The number of aromatic nitrogens is 2. The predicted molar refractivity (Wildman–Crippen MR) is 76.6 cm³/mol. The molecule has 0 spiro atoms. The quantitative estimate of drug-likeness (QED) is 0.814. The number of hydrogen-bond acceptors (Lipinski definition) is 6. The molecule has 0 radical (unpaired) electrons. The number of benzene rings is 1. The standard InChI is InChI=1S/C13H13F2N3O3S/c1-18(13-17-16-7-22-13)11(19)6-8-3-4-9(20-2)10(5-8)21-12(14)15/h3-5,7,12H,6H2,1-2H3. The van der Waals surface area contributed by atoms with Gasteiger partial charge in [-0.15, -0.1) is 10.2 Å². The number of rotatable bonds is 6. The van der Waals surface area contributed by atoms with Crippen LogP contribution in [0.25, 0.3) is 0 Å². The zero-order valence-electron chi connectivity index (χ0n) is 11.8. The molecule has 1 aromatic heterocycles. The first-order valence-corrected chi connectivity index (χ1v) is 7.03. The van der Waals surface area contributed by atoms with Gasteiger partial charge in [-0.05, 0) is 17.7 Å². The lowest BCUT2D eigenvalue weighted by atomic mass is 10.1. The van der Waals surface area contributed by atoms with Gasteiger partial charge in [-0.3, -0.25) is 9.69 Å². The number of carbonyl (C=O) groups is 1. The van der Waals surface area contributed by atoms with Gasteiger partial charge in [-0.25, -0.2) is 0 Å². The third-order valence-electron chi connectivity index (χ3n) is 2.81. The highest BCUT2D eigenvalue weighted by molar-refractivity contribution is 7.13. The molecule has 1 heterocycles. The summed E-state index contributed by atoms with van der Waals surface area (Å²) >= 11 is 1.23. The van der Waals surface area contributed by atoms with E-state index in [0.717, 1.165) is 0 Å². The molecule has 9 heteroatoms. The van der Waals surface area contributed by atoms with Crippen LogP contribution < -0.4 is 14.4 Å². The van der Waals surface area contributed by atoms with Crippen molar-refractivity contribution in [3.05, 3.63) is 29.3 Å². The molecule has 0 atom stereocenters. The fourth-order valence-electron chi connectivity index (χ4n) is 1.73. The molecule has 118 valence electrons. The van der Waals surface area contributed by atoms with E-state index in [1.165, 1.54) is 41.0 Å². The molecule has 0 saturated heterocycles. The van der Waals surface area contributed by atoms with Crippen molar-refractivity contribution < 1.29 is 23.0 Å². The Hall–Kier alpha value is -2.29. The number of carbonyl (C=O) groups excluding carboxylic acids is 1. The predicted octanol–water partition coefficient (Wildman–Crippen LogP) is 2.35. The lowest BCUT2D eigenvalue weighted by molar-refractivity contribution is -0.117. The van der Waals surface area contributed by atoms with Gasteiger partial charge in [0.15, 0.2) is 11.5 Å². The van der Waals surface area contributed by atoms with E-state index in [0.29, 0.717) is 10.7 Å². The Morgan fingerprint density at radius 2 is 2.18 bits per heavy atom. The molecule has 1 aromatic carbocycles. The molecule has 0 bridgehead atoms. The number of halogens is 2. The summed E-state index contributed by atoms with van der Waals surface area (Å²) in [5.41, 5.74) is 2.04. The van der Waals surface area contributed by atoms with E-state index < -0.39 is 6.61 Å². The van der Waals surface area contributed by atoms with Gasteiger partial charge < -0.3 is 9.47 Å². The van der Waals surface area contributed by atoms with Crippen LogP contribution in [0.2, 0.25) is 0 Å². The van der Waals surface area contributed by atoms with Gasteiger partial charge >= 0.3 is 6.61 Å². The molecule has 2 rings (SSSR count). The second-order valence-electron chi connectivity index (χ2n) is 4.21. The second-order valence-corrected chi connectivity index (χ2v) is 5.03. The average molecular weight is 329 g/mol. The van der Waals surface area contributed by atoms with Crippen molar-refractivity contribution in [2.45, 2.75) is 13.0 Å². The molecule has 0 aliphatic rings. The highest BCUT2D eigenvalue weighted by Gasteiger charge is 2.17. The average Bonchev–Trinajstić information content (AvgIpc) is 3.00. The molecule has 0 saturated carbocycles. The minimum Gasteiger partial charge on any atom is -0.493 e. The fraction of sp³-hybridized carbons (Fsp3) is 0.308. The minimum atomic E-state index is -2.97. The Balaban J connectivity index is 2.13. The van der Waals surface area contributed by atoms with Gasteiger partial charge in [0.25, 0.3) is 0 Å². The number of amides is 1. The molecule has 1 amide bonds. The van der Waals surface area contributed by atoms with Gasteiger partial charge in [-0.1, -0.05) is 17.4 Å². The van der Waals surface area contributed by atoms with Crippen LogP contribution in [-0.4, -0.2) is 36.9 Å². The summed E-state index contributed by atoms with van der Waals surface area (Å²) < 4.78 is 34.1. The van der Waals surface area contributed by atoms with Crippen molar-refractivity contribution in [2.75, 3.05) is 19.1 Å². The van der Waals surface area contributed by atoms with E-state index in [9.17, 15) is 13.6 Å². The largest absolute Gasteiger partial charge is 0.493 e. The van der Waals surface area contributed by atoms with Crippen LogP contribution in [0.4, 0.5) is 13.9 Å². The first-order valence-electron chi connectivity index (χ1n) is 6.15. The van der Waals surface area contributed by atoms with Crippen LogP contribution in [0.1, 0.15) is 5.56 Å². The van der Waals surface area contributed by atoms with Crippen molar-refractivity contribution in [2.24, 2.45) is 0 Å². The maximum atomic E-state index is 12.4. The van der Waals surface area contributed by atoms with E-state index in [-0.39, 0.29) is 23.8 Å².